The summed E-state index contributed by atoms with van der Waals surface area (Å²) >= 11 is 0. The number of anilines is 1. The van der Waals surface area contributed by atoms with Crippen molar-refractivity contribution in [1.29, 1.82) is 0 Å². The average molecular weight is 456 g/mol. The molecule has 0 radical (unpaired) electrons. The Morgan fingerprint density at radius 2 is 1.85 bits per heavy atom. The van der Waals surface area contributed by atoms with Gasteiger partial charge in [-0.2, -0.15) is 13.2 Å². The molecule has 33 heavy (non-hydrogen) atoms. The van der Waals surface area contributed by atoms with Crippen molar-refractivity contribution >= 4 is 22.6 Å². The number of ether oxygens (including phenoxy) is 1. The number of fused-ring (bicyclic) bond motifs is 1. The maximum Gasteiger partial charge on any atom is 0.416 e. The Kier molecular flexibility index (Phi) is 5.54. The van der Waals surface area contributed by atoms with Crippen LogP contribution in [0.5, 0.6) is 11.6 Å². The predicted molar refractivity (Wildman–Crippen MR) is 115 cm³/mol. The summed E-state index contributed by atoms with van der Waals surface area (Å²) in [6.07, 6.45) is -1.71. The third-order valence-corrected chi connectivity index (χ3v) is 4.81. The molecule has 0 spiro atoms. The predicted octanol–water partition coefficient (Wildman–Crippen LogP) is 5.55. The fourth-order valence-electron chi connectivity index (χ4n) is 3.17. The second-order valence-electron chi connectivity index (χ2n) is 7.82. The van der Waals surface area contributed by atoms with Crippen molar-refractivity contribution in [3.63, 3.8) is 0 Å². The number of hydrogen-bond donors (Lipinski definition) is 2. The van der Waals surface area contributed by atoms with Crippen LogP contribution in [0.1, 0.15) is 25.1 Å². The van der Waals surface area contributed by atoms with Gasteiger partial charge in [0.05, 0.1) is 16.8 Å². The smallest absolute Gasteiger partial charge is 0.416 e. The van der Waals surface area contributed by atoms with Crippen LogP contribution in [0.25, 0.3) is 10.9 Å². The van der Waals surface area contributed by atoms with E-state index in [9.17, 15) is 23.1 Å². The van der Waals surface area contributed by atoms with Gasteiger partial charge in [0.15, 0.2) is 0 Å². The van der Waals surface area contributed by atoms with Gasteiger partial charge in [-0.3, -0.25) is 4.57 Å². The normalized spacial score (nSPS) is 12.1. The van der Waals surface area contributed by atoms with Gasteiger partial charge in [-0.05, 0) is 56.3 Å². The summed E-state index contributed by atoms with van der Waals surface area (Å²) in [7, 11) is 0. The fourth-order valence-corrected chi connectivity index (χ4v) is 3.17. The number of carbonyl (C=O) groups is 1. The summed E-state index contributed by atoms with van der Waals surface area (Å²) in [6, 6.07) is 12.0. The molecule has 2 aromatic heterocycles. The number of halogens is 3. The molecule has 0 bridgehead atoms. The molecule has 4 aromatic rings. The van der Waals surface area contributed by atoms with Crippen molar-refractivity contribution in [1.82, 2.24) is 14.5 Å². The lowest BCUT2D eigenvalue weighted by molar-refractivity contribution is -0.137. The highest BCUT2D eigenvalue weighted by atomic mass is 19.4. The zero-order valence-corrected chi connectivity index (χ0v) is 17.6. The number of hydrogen-bond acceptors (Lipinski definition) is 5. The number of benzene rings is 2. The van der Waals surface area contributed by atoms with Gasteiger partial charge in [-0.25, -0.2) is 14.8 Å². The van der Waals surface area contributed by atoms with Crippen molar-refractivity contribution in [3.8, 4) is 11.6 Å². The van der Waals surface area contributed by atoms with Crippen molar-refractivity contribution in [3.05, 3.63) is 78.4 Å². The molecule has 0 aliphatic carbocycles. The van der Waals surface area contributed by atoms with Crippen LogP contribution < -0.4 is 10.1 Å². The summed E-state index contributed by atoms with van der Waals surface area (Å²) in [5, 5.41) is 13.2. The van der Waals surface area contributed by atoms with Crippen LogP contribution in [0.4, 0.5) is 23.7 Å². The molecule has 0 unspecified atom stereocenters. The average Bonchev–Trinajstić information content (AvgIpc) is 3.16. The second-order valence-corrected chi connectivity index (χ2v) is 7.82. The van der Waals surface area contributed by atoms with E-state index in [0.717, 1.165) is 12.1 Å². The summed E-state index contributed by atoms with van der Waals surface area (Å²) < 4.78 is 45.8. The number of rotatable bonds is 4. The Labute approximate surface area is 186 Å². The minimum Gasteiger partial charge on any atom is -0.439 e. The largest absolute Gasteiger partial charge is 0.439 e. The molecule has 0 saturated carbocycles. The van der Waals surface area contributed by atoms with E-state index in [0.29, 0.717) is 22.3 Å². The molecular weight excluding hydrogens is 437 g/mol. The Hall–Kier alpha value is -3.92. The minimum absolute atomic E-state index is 0.0306. The number of carbonyl (C=O) groups excluding carboxylic acids is 1. The van der Waals surface area contributed by atoms with Crippen LogP contribution in [0, 0.1) is 0 Å². The van der Waals surface area contributed by atoms with Gasteiger partial charge < -0.3 is 15.2 Å². The Morgan fingerprint density at radius 3 is 2.58 bits per heavy atom. The summed E-state index contributed by atoms with van der Waals surface area (Å²) in [4.78, 5) is 20.7. The Morgan fingerprint density at radius 1 is 1.06 bits per heavy atom. The van der Waals surface area contributed by atoms with Crippen molar-refractivity contribution in [2.45, 2.75) is 25.6 Å². The number of amides is 1. The Balaban J connectivity index is 1.54. The van der Waals surface area contributed by atoms with E-state index in [2.05, 4.69) is 15.3 Å². The molecule has 0 aliphatic heterocycles. The molecule has 0 aliphatic rings. The first kappa shape index (κ1) is 22.3. The highest BCUT2D eigenvalue weighted by molar-refractivity contribution is 5.98. The number of nitrogens with one attached hydrogen (secondary N) is 1. The van der Waals surface area contributed by atoms with Gasteiger partial charge in [-0.1, -0.05) is 6.07 Å². The van der Waals surface area contributed by atoms with E-state index in [-0.39, 0.29) is 11.6 Å². The molecular formula is C23H19F3N4O3. The van der Waals surface area contributed by atoms with E-state index in [1.54, 1.807) is 38.1 Å². The quantitative estimate of drug-likeness (QED) is 0.420. The van der Waals surface area contributed by atoms with E-state index in [4.69, 9.17) is 4.74 Å². The fraction of sp³-hybridized carbons (Fsp3) is 0.174. The SMILES string of the molecule is CC(C)(O)c1cc(Oc2ccc3c(ccn3C(=O)Nc3cccc(C(F)(F)F)c3)c2)ncn1. The van der Waals surface area contributed by atoms with Gasteiger partial charge in [0.25, 0.3) is 0 Å². The first-order chi connectivity index (χ1) is 15.5. The molecule has 0 atom stereocenters. The van der Waals surface area contributed by atoms with Crippen molar-refractivity contribution in [2.24, 2.45) is 0 Å². The summed E-state index contributed by atoms with van der Waals surface area (Å²) in [5.41, 5.74) is -1.05. The third kappa shape index (κ3) is 4.96. The van der Waals surface area contributed by atoms with Gasteiger partial charge >= 0.3 is 12.2 Å². The lowest BCUT2D eigenvalue weighted by atomic mass is 10.1. The first-order valence-electron chi connectivity index (χ1n) is 9.83. The lowest BCUT2D eigenvalue weighted by Crippen LogP contribution is -2.18. The van der Waals surface area contributed by atoms with Crippen LogP contribution in [-0.4, -0.2) is 25.7 Å². The number of nitrogens with zero attached hydrogens (tertiary/aromatic N) is 3. The van der Waals surface area contributed by atoms with Crippen LogP contribution in [0.3, 0.4) is 0 Å². The summed E-state index contributed by atoms with van der Waals surface area (Å²) in [5.74, 6) is 0.683. The molecule has 10 heteroatoms. The molecule has 4 rings (SSSR count). The van der Waals surface area contributed by atoms with Crippen LogP contribution in [0.2, 0.25) is 0 Å². The minimum atomic E-state index is -4.51. The molecule has 2 aromatic carbocycles. The number of aromatic nitrogens is 3. The zero-order valence-electron chi connectivity index (χ0n) is 17.6. The van der Waals surface area contributed by atoms with E-state index >= 15 is 0 Å². The topological polar surface area (TPSA) is 89.3 Å². The van der Waals surface area contributed by atoms with Gasteiger partial charge in [0.2, 0.25) is 5.88 Å². The number of aliphatic hydroxyl groups is 1. The third-order valence-electron chi connectivity index (χ3n) is 4.81. The van der Waals surface area contributed by atoms with Gasteiger partial charge in [0.1, 0.15) is 17.7 Å². The molecule has 7 nitrogen and oxygen atoms in total. The lowest BCUT2D eigenvalue weighted by Gasteiger charge is -2.16. The van der Waals surface area contributed by atoms with E-state index < -0.39 is 23.4 Å². The highest BCUT2D eigenvalue weighted by Gasteiger charge is 2.30. The first-order valence-corrected chi connectivity index (χ1v) is 9.83. The standard InChI is InChI=1S/C23H19F3N4O3/c1-22(2,32)19-12-20(28-13-27-19)33-17-6-7-18-14(10-17)8-9-30(18)21(31)29-16-5-3-4-15(11-16)23(24,25)26/h3-13,32H,1-2H3,(H,29,31). The van der Waals surface area contributed by atoms with Crippen molar-refractivity contribution < 1.29 is 27.8 Å². The number of alkyl halides is 3. The van der Waals surface area contributed by atoms with Crippen molar-refractivity contribution in [2.75, 3.05) is 5.32 Å². The summed E-state index contributed by atoms with van der Waals surface area (Å²) in [6.45, 7) is 3.19. The van der Waals surface area contributed by atoms with Gasteiger partial charge in [-0.15, -0.1) is 0 Å². The van der Waals surface area contributed by atoms with E-state index in [1.807, 2.05) is 0 Å². The zero-order chi connectivity index (χ0) is 23.8. The maximum absolute atomic E-state index is 12.9. The molecule has 2 N–H and O–H groups in total. The van der Waals surface area contributed by atoms with E-state index in [1.165, 1.54) is 35.3 Å². The van der Waals surface area contributed by atoms with Crippen LogP contribution in [0.15, 0.2) is 67.1 Å². The van der Waals surface area contributed by atoms with Crippen LogP contribution >= 0.6 is 0 Å². The molecule has 2 heterocycles. The second kappa shape index (κ2) is 8.21. The Bertz CT molecular complexity index is 1330. The molecule has 1 amide bonds. The molecule has 170 valence electrons. The van der Waals surface area contributed by atoms with Crippen LogP contribution in [-0.2, 0) is 11.8 Å². The molecule has 0 fully saturated rings. The molecule has 0 saturated heterocycles. The highest BCUT2D eigenvalue weighted by Crippen LogP contribution is 2.31. The monoisotopic (exact) mass is 456 g/mol. The maximum atomic E-state index is 12.9. The van der Waals surface area contributed by atoms with Gasteiger partial charge in [0, 0.05) is 23.3 Å².